The molecule has 0 saturated carbocycles. The van der Waals surface area contributed by atoms with Crippen LogP contribution in [0, 0.1) is 0 Å². The lowest BCUT2D eigenvalue weighted by Gasteiger charge is -2.10. The van der Waals surface area contributed by atoms with Gasteiger partial charge in [0, 0.05) is 11.0 Å². The first-order valence-corrected chi connectivity index (χ1v) is 7.59. The third-order valence-electron chi connectivity index (χ3n) is 1.83. The van der Waals surface area contributed by atoms with Crippen molar-refractivity contribution in [3.63, 3.8) is 0 Å². The van der Waals surface area contributed by atoms with E-state index in [2.05, 4.69) is 20.7 Å². The molecule has 0 radical (unpaired) electrons. The maximum absolute atomic E-state index is 11.8. The molecule has 96 valence electrons. The Hall–Kier alpha value is 0.150. The molecule has 0 aliphatic rings. The van der Waals surface area contributed by atoms with Crippen molar-refractivity contribution in [2.75, 3.05) is 6.54 Å². The Morgan fingerprint density at radius 3 is 2.53 bits per heavy atom. The number of rotatable bonds is 4. The first-order chi connectivity index (χ1) is 7.74. The van der Waals surface area contributed by atoms with E-state index in [1.165, 1.54) is 19.1 Å². The normalized spacial score (nSPS) is 13.7. The molecule has 0 amide bonds. The molecular weight excluding hydrogens is 353 g/mol. The molecule has 2 N–H and O–H groups in total. The summed E-state index contributed by atoms with van der Waals surface area (Å²) < 4.78 is 26.4. The molecule has 1 aromatic carbocycles. The zero-order valence-electron chi connectivity index (χ0n) is 8.75. The van der Waals surface area contributed by atoms with Crippen LogP contribution in [-0.2, 0) is 10.0 Å². The number of nitrogens with one attached hydrogen (secondary N) is 1. The molecule has 0 aromatic heterocycles. The van der Waals surface area contributed by atoms with Gasteiger partial charge in [-0.05, 0) is 35.0 Å². The van der Waals surface area contributed by atoms with Crippen LogP contribution in [0.15, 0.2) is 21.5 Å². The molecule has 1 rings (SSSR count). The minimum atomic E-state index is -3.77. The quantitative estimate of drug-likeness (QED) is 0.808. The maximum atomic E-state index is 11.8. The van der Waals surface area contributed by atoms with Gasteiger partial charge in [0.25, 0.3) is 0 Å². The summed E-state index contributed by atoms with van der Waals surface area (Å²) in [5.41, 5.74) is 0. The molecule has 0 bridgehead atoms. The fourth-order valence-corrected chi connectivity index (χ4v) is 3.39. The maximum Gasteiger partial charge on any atom is 0.242 e. The van der Waals surface area contributed by atoms with Gasteiger partial charge in [0.1, 0.15) is 4.90 Å². The molecule has 1 atom stereocenters. The number of aliphatic hydroxyl groups excluding tert-OH is 1. The summed E-state index contributed by atoms with van der Waals surface area (Å²) in [6, 6.07) is 2.65. The largest absolute Gasteiger partial charge is 0.392 e. The molecule has 8 heteroatoms. The first-order valence-electron chi connectivity index (χ1n) is 4.56. The summed E-state index contributed by atoms with van der Waals surface area (Å²) in [5.74, 6) is 0. The van der Waals surface area contributed by atoms with Crippen LogP contribution in [0.1, 0.15) is 6.92 Å². The van der Waals surface area contributed by atoms with E-state index < -0.39 is 16.1 Å². The van der Waals surface area contributed by atoms with Crippen LogP contribution in [0.4, 0.5) is 0 Å². The van der Waals surface area contributed by atoms with Gasteiger partial charge in [0.2, 0.25) is 10.0 Å². The molecule has 0 heterocycles. The molecule has 0 fully saturated rings. The van der Waals surface area contributed by atoms with Gasteiger partial charge >= 0.3 is 0 Å². The van der Waals surface area contributed by atoms with Crippen molar-refractivity contribution in [2.24, 2.45) is 0 Å². The highest BCUT2D eigenvalue weighted by Gasteiger charge is 2.19. The molecule has 4 nitrogen and oxygen atoms in total. The van der Waals surface area contributed by atoms with Gasteiger partial charge in [-0.1, -0.05) is 23.2 Å². The lowest BCUT2D eigenvalue weighted by molar-refractivity contribution is 0.198. The molecule has 0 aliphatic carbocycles. The number of aliphatic hydroxyl groups is 1. The van der Waals surface area contributed by atoms with E-state index in [1.807, 2.05) is 0 Å². The van der Waals surface area contributed by atoms with Crippen LogP contribution in [-0.4, -0.2) is 26.2 Å². The van der Waals surface area contributed by atoms with Crippen LogP contribution in [0.3, 0.4) is 0 Å². The van der Waals surface area contributed by atoms with Crippen molar-refractivity contribution < 1.29 is 13.5 Å². The Bertz CT molecular complexity index is 519. The number of hydrogen-bond acceptors (Lipinski definition) is 3. The molecule has 17 heavy (non-hydrogen) atoms. The topological polar surface area (TPSA) is 66.4 Å². The lowest BCUT2D eigenvalue weighted by Crippen LogP contribution is -2.30. The van der Waals surface area contributed by atoms with E-state index in [0.29, 0.717) is 4.47 Å². The third kappa shape index (κ3) is 4.08. The highest BCUT2D eigenvalue weighted by Crippen LogP contribution is 2.31. The summed E-state index contributed by atoms with van der Waals surface area (Å²) >= 11 is 14.8. The Labute approximate surface area is 118 Å². The SMILES string of the molecule is C[C@H](O)CNS(=O)(=O)c1cc(Cl)c(Br)cc1Cl. The van der Waals surface area contributed by atoms with Gasteiger partial charge < -0.3 is 5.11 Å². The van der Waals surface area contributed by atoms with Crippen molar-refractivity contribution in [2.45, 2.75) is 17.9 Å². The number of benzene rings is 1. The second-order valence-corrected chi connectivity index (χ2v) is 6.80. The number of hydrogen-bond donors (Lipinski definition) is 2. The molecular formula is C9H10BrCl2NO3S. The van der Waals surface area contributed by atoms with Crippen LogP contribution in [0.2, 0.25) is 10.0 Å². The molecule has 0 spiro atoms. The van der Waals surface area contributed by atoms with Gasteiger partial charge in [-0.25, -0.2) is 13.1 Å². The van der Waals surface area contributed by atoms with E-state index in [1.54, 1.807) is 0 Å². The monoisotopic (exact) mass is 361 g/mol. The van der Waals surface area contributed by atoms with Crippen molar-refractivity contribution in [1.82, 2.24) is 4.72 Å². The third-order valence-corrected chi connectivity index (χ3v) is 4.92. The first kappa shape index (κ1) is 15.2. The van der Waals surface area contributed by atoms with E-state index in [-0.39, 0.29) is 21.5 Å². The Balaban J connectivity index is 3.11. The average molecular weight is 363 g/mol. The van der Waals surface area contributed by atoms with E-state index >= 15 is 0 Å². The molecule has 0 saturated heterocycles. The van der Waals surface area contributed by atoms with Gasteiger partial charge in [-0.3, -0.25) is 0 Å². The van der Waals surface area contributed by atoms with Gasteiger partial charge in [0.15, 0.2) is 0 Å². The van der Waals surface area contributed by atoms with Crippen molar-refractivity contribution in [3.05, 3.63) is 26.7 Å². The fraction of sp³-hybridized carbons (Fsp3) is 0.333. The molecule has 1 aromatic rings. The predicted molar refractivity (Wildman–Crippen MR) is 71.0 cm³/mol. The van der Waals surface area contributed by atoms with E-state index in [4.69, 9.17) is 28.3 Å². The van der Waals surface area contributed by atoms with E-state index in [9.17, 15) is 8.42 Å². The summed E-state index contributed by atoms with van der Waals surface area (Å²) in [6.45, 7) is 1.38. The zero-order chi connectivity index (χ0) is 13.2. The van der Waals surface area contributed by atoms with Crippen LogP contribution >= 0.6 is 39.1 Å². The van der Waals surface area contributed by atoms with Crippen molar-refractivity contribution in [3.8, 4) is 0 Å². The smallest absolute Gasteiger partial charge is 0.242 e. The van der Waals surface area contributed by atoms with E-state index in [0.717, 1.165) is 0 Å². The Kier molecular flexibility index (Phi) is 5.24. The van der Waals surface area contributed by atoms with Crippen molar-refractivity contribution >= 4 is 49.2 Å². The van der Waals surface area contributed by atoms with Gasteiger partial charge in [-0.15, -0.1) is 0 Å². The average Bonchev–Trinajstić information content (AvgIpc) is 2.20. The summed E-state index contributed by atoms with van der Waals surface area (Å²) in [5, 5.41) is 9.33. The van der Waals surface area contributed by atoms with Crippen LogP contribution < -0.4 is 4.72 Å². The number of sulfonamides is 1. The Morgan fingerprint density at radius 1 is 1.41 bits per heavy atom. The van der Waals surface area contributed by atoms with Gasteiger partial charge in [-0.2, -0.15) is 0 Å². The summed E-state index contributed by atoms with van der Waals surface area (Å²) in [6.07, 6.45) is -0.783. The second kappa shape index (κ2) is 5.86. The highest BCUT2D eigenvalue weighted by atomic mass is 79.9. The standard InChI is InChI=1S/C9H10BrCl2NO3S/c1-5(14)4-13-17(15,16)9-3-7(11)6(10)2-8(9)12/h2-3,5,13-14H,4H2,1H3/t5-/m0/s1. The fourth-order valence-electron chi connectivity index (χ4n) is 1.02. The minimum Gasteiger partial charge on any atom is -0.392 e. The summed E-state index contributed by atoms with van der Waals surface area (Å²) in [7, 11) is -3.77. The number of halogens is 3. The molecule has 0 aliphatic heterocycles. The Morgan fingerprint density at radius 2 is 2.00 bits per heavy atom. The molecule has 0 unspecified atom stereocenters. The minimum absolute atomic E-state index is 0.0550. The van der Waals surface area contributed by atoms with Crippen molar-refractivity contribution in [1.29, 1.82) is 0 Å². The highest BCUT2D eigenvalue weighted by molar-refractivity contribution is 9.10. The van der Waals surface area contributed by atoms with Crippen LogP contribution in [0.5, 0.6) is 0 Å². The van der Waals surface area contributed by atoms with Gasteiger partial charge in [0.05, 0.1) is 16.1 Å². The summed E-state index contributed by atoms with van der Waals surface area (Å²) in [4.78, 5) is -0.118. The zero-order valence-corrected chi connectivity index (χ0v) is 12.7. The van der Waals surface area contributed by atoms with Crippen LogP contribution in [0.25, 0.3) is 0 Å². The predicted octanol–water partition coefficient (Wildman–Crippen LogP) is 2.42. The lowest BCUT2D eigenvalue weighted by atomic mass is 10.4. The second-order valence-electron chi connectivity index (χ2n) is 3.40.